The Bertz CT molecular complexity index is 381. The topological polar surface area (TPSA) is 17.8 Å². The van der Waals surface area contributed by atoms with Crippen LogP contribution in [0.1, 0.15) is 89.8 Å². The van der Waals surface area contributed by atoms with E-state index in [-0.39, 0.29) is 5.41 Å². The van der Waals surface area contributed by atoms with Crippen molar-refractivity contribution >= 4 is 0 Å². The Morgan fingerprint density at radius 3 is 2.05 bits per heavy atom. The van der Waals surface area contributed by atoms with E-state index in [1.54, 1.807) is 0 Å². The molecule has 0 N–H and O–H groups in total. The summed E-state index contributed by atoms with van der Waals surface area (Å²) in [6.07, 6.45) is 14.1. The van der Waals surface area contributed by atoms with Gasteiger partial charge in [-0.15, -0.1) is 0 Å². The average Bonchev–Trinajstić information content (AvgIpc) is 2.75. The summed E-state index contributed by atoms with van der Waals surface area (Å²) in [5.41, 5.74) is 2.98. The number of unbranched alkanes of at least 4 members (excludes halogenated alkanes) is 5. The lowest BCUT2D eigenvalue weighted by Crippen LogP contribution is -2.24. The van der Waals surface area contributed by atoms with Gasteiger partial charge in [0.15, 0.2) is 0 Å². The van der Waals surface area contributed by atoms with Crippen molar-refractivity contribution in [3.63, 3.8) is 0 Å². The Hall–Kier alpha value is -0.790. The van der Waals surface area contributed by atoms with Crippen LogP contribution in [0.4, 0.5) is 0 Å². The maximum atomic E-state index is 4.78. The first kappa shape index (κ1) is 17.3. The van der Waals surface area contributed by atoms with Gasteiger partial charge in [-0.2, -0.15) is 5.10 Å². The molecule has 0 aliphatic carbocycles. The Labute approximate surface area is 126 Å². The molecule has 116 valence electrons. The van der Waals surface area contributed by atoms with Crippen molar-refractivity contribution in [2.24, 2.45) is 7.05 Å². The van der Waals surface area contributed by atoms with E-state index in [1.165, 1.54) is 69.0 Å². The van der Waals surface area contributed by atoms with Gasteiger partial charge in [0, 0.05) is 18.7 Å². The van der Waals surface area contributed by atoms with E-state index in [0.717, 1.165) is 0 Å². The number of aryl methyl sites for hydroxylation is 2. The molecule has 1 unspecified atom stereocenters. The molecule has 2 heteroatoms. The summed E-state index contributed by atoms with van der Waals surface area (Å²) < 4.78 is 1.98. The minimum Gasteiger partial charge on any atom is -0.275 e. The SMILES string of the molecule is CCCCCCC(C)(CCCCC)c1nn(C)cc1C. The highest BCUT2D eigenvalue weighted by Gasteiger charge is 2.29. The van der Waals surface area contributed by atoms with Crippen LogP contribution in [0.5, 0.6) is 0 Å². The zero-order valence-electron chi connectivity index (χ0n) is 14.3. The van der Waals surface area contributed by atoms with Gasteiger partial charge in [0.1, 0.15) is 0 Å². The quantitative estimate of drug-likeness (QED) is 0.514. The smallest absolute Gasteiger partial charge is 0.0712 e. The molecule has 0 fully saturated rings. The van der Waals surface area contributed by atoms with Gasteiger partial charge in [-0.1, -0.05) is 65.7 Å². The van der Waals surface area contributed by atoms with Crippen LogP contribution in [-0.2, 0) is 12.5 Å². The molecule has 1 rings (SSSR count). The predicted octanol–water partition coefficient (Wildman–Crippen LogP) is 5.54. The van der Waals surface area contributed by atoms with Gasteiger partial charge in [0.25, 0.3) is 0 Å². The largest absolute Gasteiger partial charge is 0.275 e. The highest BCUT2D eigenvalue weighted by molar-refractivity contribution is 5.24. The molecule has 20 heavy (non-hydrogen) atoms. The van der Waals surface area contributed by atoms with Gasteiger partial charge in [0.05, 0.1) is 5.69 Å². The maximum Gasteiger partial charge on any atom is 0.0712 e. The second kappa shape index (κ2) is 8.49. The molecule has 2 nitrogen and oxygen atoms in total. The van der Waals surface area contributed by atoms with E-state index in [1.807, 2.05) is 11.7 Å². The number of hydrogen-bond donors (Lipinski definition) is 0. The second-order valence-electron chi connectivity index (χ2n) is 6.66. The fraction of sp³-hybridized carbons (Fsp3) is 0.833. The van der Waals surface area contributed by atoms with Crippen LogP contribution in [0.2, 0.25) is 0 Å². The molecule has 1 aromatic rings. The predicted molar refractivity (Wildman–Crippen MR) is 88.2 cm³/mol. The molecule has 0 radical (unpaired) electrons. The van der Waals surface area contributed by atoms with Crippen molar-refractivity contribution in [1.82, 2.24) is 9.78 Å². The van der Waals surface area contributed by atoms with Crippen LogP contribution in [0.25, 0.3) is 0 Å². The van der Waals surface area contributed by atoms with Crippen molar-refractivity contribution < 1.29 is 0 Å². The molecule has 1 heterocycles. The average molecular weight is 278 g/mol. The number of rotatable bonds is 10. The lowest BCUT2D eigenvalue weighted by atomic mass is 9.76. The summed E-state index contributed by atoms with van der Waals surface area (Å²) in [6.45, 7) is 9.21. The van der Waals surface area contributed by atoms with Gasteiger partial charge in [-0.25, -0.2) is 0 Å². The zero-order valence-corrected chi connectivity index (χ0v) is 14.3. The van der Waals surface area contributed by atoms with Crippen molar-refractivity contribution in [3.8, 4) is 0 Å². The third kappa shape index (κ3) is 4.96. The third-order valence-electron chi connectivity index (χ3n) is 4.50. The van der Waals surface area contributed by atoms with Crippen LogP contribution in [0, 0.1) is 6.92 Å². The fourth-order valence-corrected chi connectivity index (χ4v) is 3.27. The zero-order chi connectivity index (χ0) is 15.0. The van der Waals surface area contributed by atoms with Crippen LogP contribution in [0.3, 0.4) is 0 Å². The standard InChI is InChI=1S/C18H34N2/c1-6-8-10-12-14-18(4,13-11-9-7-2)17-16(3)15-20(5)19-17/h15H,6-14H2,1-5H3. The molecule has 1 aromatic heterocycles. The maximum absolute atomic E-state index is 4.78. The van der Waals surface area contributed by atoms with Crippen LogP contribution < -0.4 is 0 Å². The number of aromatic nitrogens is 2. The van der Waals surface area contributed by atoms with E-state index < -0.39 is 0 Å². The van der Waals surface area contributed by atoms with E-state index in [4.69, 9.17) is 5.10 Å². The molecule has 0 saturated heterocycles. The van der Waals surface area contributed by atoms with Gasteiger partial charge in [-0.05, 0) is 25.3 Å². The Kier molecular flexibility index (Phi) is 7.32. The first-order chi connectivity index (χ1) is 9.53. The highest BCUT2D eigenvalue weighted by atomic mass is 15.3. The molecular weight excluding hydrogens is 244 g/mol. The van der Waals surface area contributed by atoms with Crippen LogP contribution >= 0.6 is 0 Å². The second-order valence-corrected chi connectivity index (χ2v) is 6.66. The van der Waals surface area contributed by atoms with Crippen molar-refractivity contribution in [2.75, 3.05) is 0 Å². The molecule has 0 bridgehead atoms. The molecule has 0 saturated carbocycles. The molecule has 1 atom stereocenters. The summed E-state index contributed by atoms with van der Waals surface area (Å²) in [7, 11) is 2.04. The number of nitrogens with zero attached hydrogens (tertiary/aromatic N) is 2. The van der Waals surface area contributed by atoms with E-state index >= 15 is 0 Å². The van der Waals surface area contributed by atoms with Gasteiger partial charge >= 0.3 is 0 Å². The minimum absolute atomic E-state index is 0.272. The van der Waals surface area contributed by atoms with E-state index in [9.17, 15) is 0 Å². The molecule has 0 aliphatic heterocycles. The van der Waals surface area contributed by atoms with Gasteiger partial charge in [0.2, 0.25) is 0 Å². The molecule has 0 aliphatic rings. The Morgan fingerprint density at radius 1 is 1.00 bits per heavy atom. The lowest BCUT2D eigenvalue weighted by Gasteiger charge is -2.29. The summed E-state index contributed by atoms with van der Waals surface area (Å²) >= 11 is 0. The highest BCUT2D eigenvalue weighted by Crippen LogP contribution is 2.36. The Balaban J connectivity index is 2.74. The fourth-order valence-electron chi connectivity index (χ4n) is 3.27. The summed E-state index contributed by atoms with van der Waals surface area (Å²) in [4.78, 5) is 0. The lowest BCUT2D eigenvalue weighted by molar-refractivity contribution is 0.353. The number of hydrogen-bond acceptors (Lipinski definition) is 1. The summed E-state index contributed by atoms with van der Waals surface area (Å²) in [5, 5.41) is 4.78. The molecule has 0 amide bonds. The Morgan fingerprint density at radius 2 is 1.55 bits per heavy atom. The van der Waals surface area contributed by atoms with Crippen molar-refractivity contribution in [2.45, 2.75) is 90.9 Å². The monoisotopic (exact) mass is 278 g/mol. The third-order valence-corrected chi connectivity index (χ3v) is 4.50. The summed E-state index contributed by atoms with van der Waals surface area (Å²) in [5.74, 6) is 0. The van der Waals surface area contributed by atoms with Crippen LogP contribution in [-0.4, -0.2) is 9.78 Å². The van der Waals surface area contributed by atoms with Crippen LogP contribution in [0.15, 0.2) is 6.20 Å². The minimum atomic E-state index is 0.272. The van der Waals surface area contributed by atoms with E-state index in [0.29, 0.717) is 0 Å². The van der Waals surface area contributed by atoms with Gasteiger partial charge in [-0.3, -0.25) is 4.68 Å². The molecule has 0 spiro atoms. The van der Waals surface area contributed by atoms with Gasteiger partial charge < -0.3 is 0 Å². The van der Waals surface area contributed by atoms with Crippen molar-refractivity contribution in [3.05, 3.63) is 17.5 Å². The van der Waals surface area contributed by atoms with Crippen molar-refractivity contribution in [1.29, 1.82) is 0 Å². The normalized spacial score (nSPS) is 14.4. The molecular formula is C18H34N2. The first-order valence-corrected chi connectivity index (χ1v) is 8.54. The summed E-state index contributed by atoms with van der Waals surface area (Å²) in [6, 6.07) is 0. The van der Waals surface area contributed by atoms with E-state index in [2.05, 4.69) is 33.9 Å². The first-order valence-electron chi connectivity index (χ1n) is 8.54. The molecule has 0 aromatic carbocycles.